The zero-order valence-corrected chi connectivity index (χ0v) is 11.2. The van der Waals surface area contributed by atoms with Crippen molar-refractivity contribution < 1.29 is 9.59 Å². The first-order valence-corrected chi connectivity index (χ1v) is 6.45. The van der Waals surface area contributed by atoms with E-state index in [2.05, 4.69) is 20.9 Å². The summed E-state index contributed by atoms with van der Waals surface area (Å²) >= 11 is 0. The molecule has 0 spiro atoms. The zero-order valence-electron chi connectivity index (χ0n) is 11.2. The van der Waals surface area contributed by atoms with Crippen LogP contribution in [0.4, 0.5) is 5.95 Å². The molecule has 2 heterocycles. The number of nitrogens with one attached hydrogen (secondary N) is 3. The number of imidazole rings is 1. The zero-order chi connectivity index (χ0) is 13.8. The first kappa shape index (κ1) is 13.4. The van der Waals surface area contributed by atoms with Crippen molar-refractivity contribution in [3.05, 3.63) is 11.9 Å². The van der Waals surface area contributed by atoms with Crippen LogP contribution in [0.25, 0.3) is 0 Å². The number of aryl methyl sites for hydroxylation is 1. The molecule has 7 heteroatoms. The average Bonchev–Trinajstić information content (AvgIpc) is 2.78. The molecule has 0 saturated carbocycles. The smallest absolute Gasteiger partial charge is 0.271 e. The quantitative estimate of drug-likeness (QED) is 0.712. The normalized spacial score (nSPS) is 13.6. The molecular formula is C12H19N5O2. The molecule has 0 atom stereocenters. The summed E-state index contributed by atoms with van der Waals surface area (Å²) in [6.45, 7) is 5.43. The maximum atomic E-state index is 11.9. The molecular weight excluding hydrogens is 246 g/mol. The summed E-state index contributed by atoms with van der Waals surface area (Å²) in [5.41, 5.74) is 0.335. The number of hydrogen-bond acceptors (Lipinski definition) is 4. The molecule has 0 unspecified atom stereocenters. The van der Waals surface area contributed by atoms with Crippen molar-refractivity contribution in [2.45, 2.75) is 32.9 Å². The fraction of sp³-hybridized carbons (Fsp3) is 0.583. The third-order valence-corrected chi connectivity index (χ3v) is 2.73. The molecule has 0 saturated heterocycles. The van der Waals surface area contributed by atoms with Crippen LogP contribution in [0.1, 0.15) is 30.8 Å². The van der Waals surface area contributed by atoms with Crippen molar-refractivity contribution in [3.63, 3.8) is 0 Å². The van der Waals surface area contributed by atoms with Crippen LogP contribution in [-0.4, -0.2) is 40.5 Å². The van der Waals surface area contributed by atoms with Gasteiger partial charge < -0.3 is 20.5 Å². The van der Waals surface area contributed by atoms with Gasteiger partial charge in [0, 0.05) is 25.3 Å². The van der Waals surface area contributed by atoms with E-state index in [0.717, 1.165) is 19.5 Å². The molecule has 3 N–H and O–H groups in total. The lowest BCUT2D eigenvalue weighted by atomic mass is 10.3. The van der Waals surface area contributed by atoms with E-state index in [1.54, 1.807) is 6.20 Å². The van der Waals surface area contributed by atoms with E-state index < -0.39 is 0 Å². The van der Waals surface area contributed by atoms with Crippen molar-refractivity contribution in [1.82, 2.24) is 20.2 Å². The number of nitrogens with zero attached hydrogens (tertiary/aromatic N) is 2. The van der Waals surface area contributed by atoms with Gasteiger partial charge in [-0.25, -0.2) is 4.98 Å². The van der Waals surface area contributed by atoms with Gasteiger partial charge in [0.15, 0.2) is 0 Å². The first-order valence-electron chi connectivity index (χ1n) is 6.45. The number of aromatic nitrogens is 2. The highest BCUT2D eigenvalue weighted by Crippen LogP contribution is 2.13. The van der Waals surface area contributed by atoms with Crippen LogP contribution in [0.2, 0.25) is 0 Å². The second-order valence-corrected chi connectivity index (χ2v) is 4.83. The molecule has 19 heavy (non-hydrogen) atoms. The van der Waals surface area contributed by atoms with Crippen molar-refractivity contribution in [3.8, 4) is 0 Å². The number of carbonyl (C=O) groups excluding carboxylic acids is 2. The lowest BCUT2D eigenvalue weighted by molar-refractivity contribution is -0.120. The summed E-state index contributed by atoms with van der Waals surface area (Å²) in [6.07, 6.45) is 2.72. The summed E-state index contributed by atoms with van der Waals surface area (Å²) < 4.78 is 1.91. The third-order valence-electron chi connectivity index (χ3n) is 2.73. The van der Waals surface area contributed by atoms with Crippen LogP contribution in [-0.2, 0) is 11.3 Å². The van der Waals surface area contributed by atoms with Crippen LogP contribution in [0, 0.1) is 0 Å². The van der Waals surface area contributed by atoms with Crippen molar-refractivity contribution in [2.75, 3.05) is 18.4 Å². The largest absolute Gasteiger partial charge is 0.356 e. The van der Waals surface area contributed by atoms with Crippen molar-refractivity contribution in [1.29, 1.82) is 0 Å². The second-order valence-electron chi connectivity index (χ2n) is 4.83. The predicted octanol–water partition coefficient (Wildman–Crippen LogP) is -0.0469. The van der Waals surface area contributed by atoms with E-state index in [1.165, 1.54) is 0 Å². The predicted molar refractivity (Wildman–Crippen MR) is 70.9 cm³/mol. The van der Waals surface area contributed by atoms with Crippen LogP contribution < -0.4 is 16.0 Å². The van der Waals surface area contributed by atoms with E-state index in [-0.39, 0.29) is 24.4 Å². The van der Waals surface area contributed by atoms with Crippen molar-refractivity contribution in [2.24, 2.45) is 0 Å². The standard InChI is InChI=1S/C12H19N5O2/c1-8(2)15-10(18)6-14-11(19)9-7-17-5-3-4-13-12(17)16-9/h7-8H,3-6H2,1-2H3,(H,13,16)(H,14,19)(H,15,18). The molecule has 0 bridgehead atoms. The summed E-state index contributed by atoms with van der Waals surface area (Å²) in [7, 11) is 0. The highest BCUT2D eigenvalue weighted by atomic mass is 16.2. The fourth-order valence-electron chi connectivity index (χ4n) is 1.91. The van der Waals surface area contributed by atoms with Crippen molar-refractivity contribution >= 4 is 17.8 Å². The maximum Gasteiger partial charge on any atom is 0.271 e. The third kappa shape index (κ3) is 3.46. The molecule has 104 valence electrons. The molecule has 2 rings (SSSR count). The Hall–Kier alpha value is -2.05. The Bertz CT molecular complexity index is 457. The monoisotopic (exact) mass is 265 g/mol. The second kappa shape index (κ2) is 5.73. The number of amides is 2. The SMILES string of the molecule is CC(C)NC(=O)CNC(=O)c1cn2c(n1)NCCC2. The summed E-state index contributed by atoms with van der Waals surface area (Å²) in [4.78, 5) is 27.5. The Morgan fingerprint density at radius 3 is 3.00 bits per heavy atom. The van der Waals surface area contributed by atoms with Gasteiger partial charge >= 0.3 is 0 Å². The first-order chi connectivity index (χ1) is 9.06. The Kier molecular flexibility index (Phi) is 4.03. The molecule has 1 aromatic heterocycles. The van der Waals surface area contributed by atoms with E-state index in [9.17, 15) is 9.59 Å². The minimum absolute atomic E-state index is 0.0351. The number of anilines is 1. The number of hydrogen-bond donors (Lipinski definition) is 3. The molecule has 0 fully saturated rings. The van der Waals surface area contributed by atoms with Crippen LogP contribution in [0.5, 0.6) is 0 Å². The molecule has 1 aromatic rings. The van der Waals surface area contributed by atoms with Gasteiger partial charge in [0.2, 0.25) is 11.9 Å². The highest BCUT2D eigenvalue weighted by molar-refractivity contribution is 5.95. The Labute approximate surface area is 111 Å². The molecule has 2 amide bonds. The maximum absolute atomic E-state index is 11.9. The van der Waals surface area contributed by atoms with Crippen LogP contribution >= 0.6 is 0 Å². The molecule has 0 aliphatic carbocycles. The lowest BCUT2D eigenvalue weighted by Crippen LogP contribution is -2.39. The van der Waals surface area contributed by atoms with Gasteiger partial charge in [-0.2, -0.15) is 0 Å². The summed E-state index contributed by atoms with van der Waals surface area (Å²) in [6, 6.07) is 0.0634. The summed E-state index contributed by atoms with van der Waals surface area (Å²) in [5, 5.41) is 8.39. The lowest BCUT2D eigenvalue weighted by Gasteiger charge is -2.14. The Morgan fingerprint density at radius 2 is 2.32 bits per heavy atom. The van der Waals surface area contributed by atoms with Gasteiger partial charge in [0.1, 0.15) is 5.69 Å². The molecule has 1 aliphatic rings. The van der Waals surface area contributed by atoms with E-state index >= 15 is 0 Å². The Morgan fingerprint density at radius 1 is 1.53 bits per heavy atom. The number of rotatable bonds is 4. The molecule has 0 aromatic carbocycles. The van der Waals surface area contributed by atoms with E-state index in [0.29, 0.717) is 11.6 Å². The van der Waals surface area contributed by atoms with E-state index in [1.807, 2.05) is 18.4 Å². The van der Waals surface area contributed by atoms with Gasteiger partial charge in [0.05, 0.1) is 6.54 Å². The minimum atomic E-state index is -0.331. The fourth-order valence-corrected chi connectivity index (χ4v) is 1.91. The van der Waals surface area contributed by atoms with Gasteiger partial charge in [-0.1, -0.05) is 0 Å². The number of carbonyl (C=O) groups is 2. The van der Waals surface area contributed by atoms with Gasteiger partial charge in [-0.15, -0.1) is 0 Å². The topological polar surface area (TPSA) is 88.1 Å². The molecule has 0 radical (unpaired) electrons. The van der Waals surface area contributed by atoms with Crippen LogP contribution in [0.3, 0.4) is 0 Å². The number of fused-ring (bicyclic) bond motifs is 1. The van der Waals surface area contributed by atoms with Crippen LogP contribution in [0.15, 0.2) is 6.20 Å². The summed E-state index contributed by atoms with van der Waals surface area (Å²) in [5.74, 6) is 0.177. The van der Waals surface area contributed by atoms with Gasteiger partial charge in [-0.05, 0) is 20.3 Å². The minimum Gasteiger partial charge on any atom is -0.356 e. The highest BCUT2D eigenvalue weighted by Gasteiger charge is 2.16. The average molecular weight is 265 g/mol. The molecule has 7 nitrogen and oxygen atoms in total. The van der Waals surface area contributed by atoms with E-state index in [4.69, 9.17) is 0 Å². The van der Waals surface area contributed by atoms with Gasteiger partial charge in [-0.3, -0.25) is 9.59 Å². The molecule has 1 aliphatic heterocycles. The van der Waals surface area contributed by atoms with Gasteiger partial charge in [0.25, 0.3) is 5.91 Å². The Balaban J connectivity index is 1.89.